The quantitative estimate of drug-likeness (QED) is 0.691. The van der Waals surface area contributed by atoms with E-state index in [4.69, 9.17) is 0 Å². The van der Waals surface area contributed by atoms with E-state index in [2.05, 4.69) is 54.4 Å². The molecule has 0 aromatic heterocycles. The highest BCUT2D eigenvalue weighted by Crippen LogP contribution is 2.45. The summed E-state index contributed by atoms with van der Waals surface area (Å²) in [6.07, 6.45) is 7.21. The molecule has 0 spiro atoms. The van der Waals surface area contributed by atoms with Crippen molar-refractivity contribution in [2.45, 2.75) is 18.3 Å². The number of halogens is 1. The molecule has 1 saturated heterocycles. The molecule has 2 aliphatic rings. The van der Waals surface area contributed by atoms with Crippen molar-refractivity contribution in [3.8, 4) is 0 Å². The zero-order valence-electron chi connectivity index (χ0n) is 10.3. The molecular weight excluding hydrogens is 230 g/mol. The van der Waals surface area contributed by atoms with Gasteiger partial charge in [-0.3, -0.25) is 0 Å². The van der Waals surface area contributed by atoms with Gasteiger partial charge in [0.1, 0.15) is 0 Å². The summed E-state index contributed by atoms with van der Waals surface area (Å²) in [4.78, 5) is 2.49. The number of nitrogens with zero attached hydrogens (tertiary/aromatic N) is 1. The molecule has 92 valence electrons. The molecule has 1 fully saturated rings. The minimum Gasteiger partial charge on any atom is -0.305 e. The van der Waals surface area contributed by atoms with Crippen LogP contribution in [0.15, 0.2) is 42.5 Å². The zero-order chi connectivity index (χ0) is 11.0. The molecule has 1 aromatic rings. The summed E-state index contributed by atoms with van der Waals surface area (Å²) in [6, 6.07) is 11.1. The lowest BCUT2D eigenvalue weighted by Crippen LogP contribution is -2.36. The summed E-state index contributed by atoms with van der Waals surface area (Å²) in [5.41, 5.74) is 1.93. The van der Waals surface area contributed by atoms with E-state index in [1.807, 2.05) is 0 Å². The maximum atomic E-state index is 2.49. The number of fused-ring (bicyclic) bond motifs is 1. The predicted molar refractivity (Wildman–Crippen MR) is 74.7 cm³/mol. The Balaban J connectivity index is 0.00000108. The Morgan fingerprint density at radius 1 is 1.18 bits per heavy atom. The molecule has 1 aliphatic carbocycles. The highest BCUT2D eigenvalue weighted by Gasteiger charge is 2.46. The summed E-state index contributed by atoms with van der Waals surface area (Å²) in [5, 5.41) is 0. The van der Waals surface area contributed by atoms with Crippen molar-refractivity contribution in [1.29, 1.82) is 0 Å². The Morgan fingerprint density at radius 2 is 1.94 bits per heavy atom. The molecular formula is C15H20ClN. The van der Waals surface area contributed by atoms with E-state index in [-0.39, 0.29) is 12.4 Å². The number of hydrogen-bond donors (Lipinski definition) is 0. The van der Waals surface area contributed by atoms with Crippen LogP contribution in [0.4, 0.5) is 0 Å². The molecule has 3 rings (SSSR count). The number of likely N-dealkylation sites (N-methyl/N-ethyl adjacent to an activating group) is 1. The average molecular weight is 250 g/mol. The van der Waals surface area contributed by atoms with E-state index in [9.17, 15) is 0 Å². The van der Waals surface area contributed by atoms with Gasteiger partial charge in [-0.1, -0.05) is 42.5 Å². The van der Waals surface area contributed by atoms with Gasteiger partial charge in [-0.25, -0.2) is 0 Å². The first kappa shape index (κ1) is 12.7. The maximum Gasteiger partial charge on any atom is 0.0158 e. The molecule has 0 saturated carbocycles. The van der Waals surface area contributed by atoms with Crippen LogP contribution in [0.1, 0.15) is 18.4 Å². The van der Waals surface area contributed by atoms with Gasteiger partial charge < -0.3 is 4.90 Å². The van der Waals surface area contributed by atoms with Gasteiger partial charge in [-0.2, -0.15) is 0 Å². The summed E-state index contributed by atoms with van der Waals surface area (Å²) in [7, 11) is 2.25. The number of allylic oxidation sites excluding steroid dienone is 2. The van der Waals surface area contributed by atoms with Gasteiger partial charge in [-0.15, -0.1) is 12.4 Å². The van der Waals surface area contributed by atoms with E-state index in [0.29, 0.717) is 5.41 Å². The van der Waals surface area contributed by atoms with Crippen LogP contribution in [-0.2, 0) is 5.41 Å². The van der Waals surface area contributed by atoms with Crippen LogP contribution in [0.3, 0.4) is 0 Å². The first-order valence-electron chi connectivity index (χ1n) is 6.20. The largest absolute Gasteiger partial charge is 0.305 e. The summed E-state index contributed by atoms with van der Waals surface area (Å²) in [5.74, 6) is 0.810. The minimum absolute atomic E-state index is 0. The second-order valence-corrected chi connectivity index (χ2v) is 5.33. The minimum atomic E-state index is 0. The molecule has 2 heteroatoms. The third-order valence-electron chi connectivity index (χ3n) is 4.28. The van der Waals surface area contributed by atoms with Crippen molar-refractivity contribution in [2.75, 3.05) is 20.1 Å². The van der Waals surface area contributed by atoms with Gasteiger partial charge in [0.2, 0.25) is 0 Å². The highest BCUT2D eigenvalue weighted by molar-refractivity contribution is 5.85. The van der Waals surface area contributed by atoms with E-state index < -0.39 is 0 Å². The third kappa shape index (κ3) is 2.02. The van der Waals surface area contributed by atoms with Crippen LogP contribution in [0, 0.1) is 5.92 Å². The SMILES string of the molecule is CN1CC2CC=CCC2(c2ccccc2)C1.Cl. The molecule has 0 N–H and O–H groups in total. The van der Waals surface area contributed by atoms with Crippen molar-refractivity contribution < 1.29 is 0 Å². The molecule has 1 aliphatic heterocycles. The van der Waals surface area contributed by atoms with E-state index in [1.54, 1.807) is 0 Å². The van der Waals surface area contributed by atoms with Crippen LogP contribution < -0.4 is 0 Å². The Labute approximate surface area is 110 Å². The first-order valence-corrected chi connectivity index (χ1v) is 6.20. The van der Waals surface area contributed by atoms with Crippen LogP contribution in [0.5, 0.6) is 0 Å². The molecule has 0 bridgehead atoms. The van der Waals surface area contributed by atoms with Crippen LogP contribution in [0.2, 0.25) is 0 Å². The average Bonchev–Trinajstić information content (AvgIpc) is 2.67. The van der Waals surface area contributed by atoms with Gasteiger partial charge in [0.15, 0.2) is 0 Å². The monoisotopic (exact) mass is 249 g/mol. The molecule has 1 heterocycles. The molecule has 1 aromatic carbocycles. The Bertz CT molecular complexity index is 401. The third-order valence-corrected chi connectivity index (χ3v) is 4.28. The van der Waals surface area contributed by atoms with E-state index in [0.717, 1.165) is 5.92 Å². The molecule has 2 unspecified atom stereocenters. The Morgan fingerprint density at radius 3 is 2.71 bits per heavy atom. The number of likely N-dealkylation sites (tertiary alicyclic amines) is 1. The Hall–Kier alpha value is -0.790. The smallest absolute Gasteiger partial charge is 0.0158 e. The van der Waals surface area contributed by atoms with Gasteiger partial charge in [0.05, 0.1) is 0 Å². The fraction of sp³-hybridized carbons (Fsp3) is 0.467. The van der Waals surface area contributed by atoms with Crippen molar-refractivity contribution >= 4 is 12.4 Å². The molecule has 0 amide bonds. The van der Waals surface area contributed by atoms with Gasteiger partial charge in [0, 0.05) is 18.5 Å². The van der Waals surface area contributed by atoms with Gasteiger partial charge >= 0.3 is 0 Å². The Kier molecular flexibility index (Phi) is 3.60. The molecule has 1 nitrogen and oxygen atoms in total. The number of benzene rings is 1. The summed E-state index contributed by atoms with van der Waals surface area (Å²) < 4.78 is 0. The topological polar surface area (TPSA) is 3.24 Å². The van der Waals surface area contributed by atoms with Crippen molar-refractivity contribution in [3.05, 3.63) is 48.0 Å². The lowest BCUT2D eigenvalue weighted by molar-refractivity contribution is 0.328. The van der Waals surface area contributed by atoms with E-state index >= 15 is 0 Å². The van der Waals surface area contributed by atoms with Crippen LogP contribution in [0.25, 0.3) is 0 Å². The number of hydrogen-bond acceptors (Lipinski definition) is 1. The van der Waals surface area contributed by atoms with Crippen LogP contribution >= 0.6 is 12.4 Å². The highest BCUT2D eigenvalue weighted by atomic mass is 35.5. The second kappa shape index (κ2) is 4.83. The lowest BCUT2D eigenvalue weighted by atomic mass is 9.67. The van der Waals surface area contributed by atoms with Gasteiger partial charge in [-0.05, 0) is 31.4 Å². The summed E-state index contributed by atoms with van der Waals surface area (Å²) in [6.45, 7) is 2.46. The van der Waals surface area contributed by atoms with Crippen molar-refractivity contribution in [1.82, 2.24) is 4.90 Å². The van der Waals surface area contributed by atoms with Crippen molar-refractivity contribution in [2.24, 2.45) is 5.92 Å². The van der Waals surface area contributed by atoms with Crippen molar-refractivity contribution in [3.63, 3.8) is 0 Å². The first-order chi connectivity index (χ1) is 7.81. The standard InChI is InChI=1S/C15H19N.ClH/c1-16-11-14-9-5-6-10-15(14,12-16)13-7-3-2-4-8-13;/h2-8,14H,9-12H2,1H3;1H. The molecule has 2 atom stereocenters. The van der Waals surface area contributed by atoms with E-state index in [1.165, 1.54) is 31.5 Å². The molecule has 0 radical (unpaired) electrons. The fourth-order valence-electron chi connectivity index (χ4n) is 3.53. The summed E-state index contributed by atoms with van der Waals surface area (Å²) >= 11 is 0. The fourth-order valence-corrected chi connectivity index (χ4v) is 3.53. The van der Waals surface area contributed by atoms with Gasteiger partial charge in [0.25, 0.3) is 0 Å². The lowest BCUT2D eigenvalue weighted by Gasteiger charge is -2.36. The zero-order valence-corrected chi connectivity index (χ0v) is 11.1. The van der Waals surface area contributed by atoms with Crippen LogP contribution in [-0.4, -0.2) is 25.0 Å². The number of rotatable bonds is 1. The normalized spacial score (nSPS) is 31.9. The second-order valence-electron chi connectivity index (χ2n) is 5.33. The predicted octanol–water partition coefficient (Wildman–Crippen LogP) is 3.26. The maximum absolute atomic E-state index is 2.49. The molecule has 17 heavy (non-hydrogen) atoms.